The van der Waals surface area contributed by atoms with E-state index in [0.717, 1.165) is 30.6 Å². The third-order valence-corrected chi connectivity index (χ3v) is 6.73. The van der Waals surface area contributed by atoms with Crippen LogP contribution in [0.5, 0.6) is 0 Å². The molecule has 0 spiro atoms. The fourth-order valence-corrected chi connectivity index (χ4v) is 4.88. The first kappa shape index (κ1) is 29.7. The number of primary amides is 1. The van der Waals surface area contributed by atoms with E-state index in [1.54, 1.807) is 4.90 Å². The summed E-state index contributed by atoms with van der Waals surface area (Å²) in [6, 6.07) is -3.11. The molecule has 16 nitrogen and oxygen atoms in total. The molecule has 1 aromatic heterocycles. The van der Waals surface area contributed by atoms with Gasteiger partial charge in [-0.2, -0.15) is 0 Å². The van der Waals surface area contributed by atoms with Gasteiger partial charge in [-0.05, 0) is 19.3 Å². The number of β-lactam (4-membered cyclic amide) rings is 1. The Morgan fingerprint density at radius 3 is 2.50 bits per heavy atom. The number of carbonyl (C=O) groups excluding carboxylic acids is 4. The topological polar surface area (TPSA) is 240 Å². The summed E-state index contributed by atoms with van der Waals surface area (Å²) in [7, 11) is -5.26. The number of nitrogens with one attached hydrogen (secondary N) is 1. The molecular weight excluding hydrogens is 533 g/mol. The van der Waals surface area contributed by atoms with Crippen molar-refractivity contribution < 1.29 is 71.3 Å². The number of likely N-dealkylation sites (tertiary alicyclic amines) is 1. The van der Waals surface area contributed by atoms with Crippen molar-refractivity contribution in [2.24, 2.45) is 10.9 Å². The van der Waals surface area contributed by atoms with Gasteiger partial charge in [0.1, 0.15) is 24.4 Å². The van der Waals surface area contributed by atoms with Crippen LogP contribution in [-0.4, -0.2) is 95.1 Å². The van der Waals surface area contributed by atoms with Crippen molar-refractivity contribution in [2.75, 3.05) is 32.0 Å². The number of hydrogen-bond acceptors (Lipinski definition) is 13. The molecule has 5 N–H and O–H groups in total. The number of aromatic nitrogens is 1. The van der Waals surface area contributed by atoms with Crippen LogP contribution < -0.4 is 46.3 Å². The van der Waals surface area contributed by atoms with E-state index in [-0.39, 0.29) is 50.6 Å². The van der Waals surface area contributed by atoms with Crippen LogP contribution in [0.1, 0.15) is 25.0 Å². The minimum absolute atomic E-state index is 0. The quantitative estimate of drug-likeness (QED) is 0.0854. The molecule has 1 aromatic rings. The van der Waals surface area contributed by atoms with Crippen molar-refractivity contribution in [1.29, 1.82) is 0 Å². The maximum atomic E-state index is 12.9. The van der Waals surface area contributed by atoms with Gasteiger partial charge < -0.3 is 35.8 Å². The summed E-state index contributed by atoms with van der Waals surface area (Å²) in [6.07, 6.45) is 1.47. The number of nitrogen functional groups attached to an aromatic ring is 1. The largest absolute Gasteiger partial charge is 1.00 e. The SMILES string of the molecule is NC(=O)OC[C@@H]1[C@H](NC(=O)/C(=N\OCC(=O)N2CCCCC2)c2csc(N)n2)C(=O)N1S(=O)(=O)[O-].[Na+]. The van der Waals surface area contributed by atoms with E-state index in [1.165, 1.54) is 5.38 Å². The van der Waals surface area contributed by atoms with E-state index in [0.29, 0.717) is 13.1 Å². The number of thiazole rings is 1. The summed E-state index contributed by atoms with van der Waals surface area (Å²) in [5, 5.41) is 7.34. The molecule has 2 aliphatic rings. The molecular formula is C17H22N7NaO9S2. The van der Waals surface area contributed by atoms with Gasteiger partial charge in [0.05, 0.1) is 0 Å². The maximum absolute atomic E-state index is 12.9. The van der Waals surface area contributed by atoms with Gasteiger partial charge in [-0.1, -0.05) is 5.16 Å². The van der Waals surface area contributed by atoms with Crippen LogP contribution >= 0.6 is 11.3 Å². The van der Waals surface area contributed by atoms with Crippen molar-refractivity contribution in [2.45, 2.75) is 31.3 Å². The number of amides is 4. The Morgan fingerprint density at radius 2 is 1.94 bits per heavy atom. The zero-order chi connectivity index (χ0) is 25.8. The van der Waals surface area contributed by atoms with Gasteiger partial charge in [-0.25, -0.2) is 22.5 Å². The minimum Gasteiger partial charge on any atom is -0.731 e. The summed E-state index contributed by atoms with van der Waals surface area (Å²) in [4.78, 5) is 58.9. The van der Waals surface area contributed by atoms with Crippen molar-refractivity contribution in [3.05, 3.63) is 11.1 Å². The summed E-state index contributed by atoms with van der Waals surface area (Å²) >= 11 is 0.975. The number of oxime groups is 1. The Kier molecular flexibility index (Phi) is 10.4. The van der Waals surface area contributed by atoms with Crippen molar-refractivity contribution in [1.82, 2.24) is 19.5 Å². The van der Waals surface area contributed by atoms with Crippen molar-refractivity contribution in [3.63, 3.8) is 0 Å². The molecule has 2 saturated heterocycles. The van der Waals surface area contributed by atoms with Gasteiger partial charge in [-0.3, -0.25) is 14.4 Å². The zero-order valence-electron chi connectivity index (χ0n) is 19.1. The fraction of sp³-hybridized carbons (Fsp3) is 0.529. The van der Waals surface area contributed by atoms with E-state index in [2.05, 4.69) is 20.2 Å². The van der Waals surface area contributed by atoms with E-state index in [9.17, 15) is 32.1 Å². The van der Waals surface area contributed by atoms with Crippen molar-refractivity contribution in [3.8, 4) is 0 Å². The molecule has 0 saturated carbocycles. The van der Waals surface area contributed by atoms with Gasteiger partial charge in [-0.15, -0.1) is 11.3 Å². The first-order valence-corrected chi connectivity index (χ1v) is 12.4. The van der Waals surface area contributed by atoms with Crippen LogP contribution in [0.4, 0.5) is 9.93 Å². The van der Waals surface area contributed by atoms with Crippen LogP contribution in [0.3, 0.4) is 0 Å². The molecule has 0 unspecified atom stereocenters. The molecule has 2 fully saturated rings. The smallest absolute Gasteiger partial charge is 0.731 e. The first-order valence-electron chi connectivity index (χ1n) is 10.2. The molecule has 19 heteroatoms. The van der Waals surface area contributed by atoms with Gasteiger partial charge in [0, 0.05) is 18.5 Å². The van der Waals surface area contributed by atoms with Gasteiger partial charge >= 0.3 is 35.7 Å². The summed E-state index contributed by atoms with van der Waals surface area (Å²) < 4.78 is 38.5. The Hall–Kier alpha value is -2.51. The second-order valence-corrected chi connectivity index (χ2v) is 9.60. The molecule has 192 valence electrons. The molecule has 2 atom stereocenters. The number of nitrogens with zero attached hydrogens (tertiary/aromatic N) is 4. The third-order valence-electron chi connectivity index (χ3n) is 5.13. The Labute approximate surface area is 231 Å². The molecule has 2 aliphatic heterocycles. The van der Waals surface area contributed by atoms with Crippen LogP contribution in [0.2, 0.25) is 0 Å². The normalized spacial score (nSPS) is 20.1. The first-order chi connectivity index (χ1) is 16.5. The number of piperidine rings is 1. The molecule has 4 amide bonds. The summed E-state index contributed by atoms with van der Waals surface area (Å²) in [6.45, 7) is -0.0699. The third kappa shape index (κ3) is 7.26. The second-order valence-electron chi connectivity index (χ2n) is 7.47. The number of anilines is 1. The number of hydrogen-bond donors (Lipinski definition) is 3. The number of rotatable bonds is 9. The summed E-state index contributed by atoms with van der Waals surface area (Å²) in [5.74, 6) is -2.64. The minimum atomic E-state index is -5.26. The van der Waals surface area contributed by atoms with E-state index >= 15 is 0 Å². The Balaban J connectivity index is 0.00000456. The average molecular weight is 556 g/mol. The van der Waals surface area contributed by atoms with Crippen LogP contribution in [0.15, 0.2) is 10.5 Å². The number of ether oxygens (including phenoxy) is 1. The van der Waals surface area contributed by atoms with Crippen LogP contribution in [-0.2, 0) is 34.3 Å². The molecule has 3 rings (SSSR count). The van der Waals surface area contributed by atoms with E-state index in [1.807, 2.05) is 0 Å². The standard InChI is InChI=1S/C17H23N7O9S2.Na/c18-16-20-9(8-34-16)12(22-33-7-11(25)23-4-2-1-3-5-23)14(26)21-13-10(6-32-17(19)28)24(15(13)27)35(29,30)31;/h8,10,13H,1-7H2,(H2,18,20)(H2,19,28)(H,21,26)(H,29,30,31);/q;+1/p-1/b22-12-;/t10-,13+;/m1./s1. The van der Waals surface area contributed by atoms with Crippen molar-refractivity contribution >= 4 is 56.3 Å². The van der Waals surface area contributed by atoms with E-state index < -0.39 is 59.2 Å². The molecule has 0 bridgehead atoms. The van der Waals surface area contributed by atoms with Gasteiger partial charge in [0.25, 0.3) is 17.7 Å². The molecule has 3 heterocycles. The molecule has 36 heavy (non-hydrogen) atoms. The monoisotopic (exact) mass is 555 g/mol. The predicted octanol–water partition coefficient (Wildman–Crippen LogP) is -5.29. The fourth-order valence-electron chi connectivity index (χ4n) is 3.48. The maximum Gasteiger partial charge on any atom is 1.00 e. The van der Waals surface area contributed by atoms with Gasteiger partial charge in [0.2, 0.25) is 0 Å². The molecule has 0 aromatic carbocycles. The predicted molar refractivity (Wildman–Crippen MR) is 117 cm³/mol. The number of carbonyl (C=O) groups is 4. The summed E-state index contributed by atoms with van der Waals surface area (Å²) in [5.41, 5.74) is 9.95. The Bertz CT molecular complexity index is 1140. The average Bonchev–Trinajstić information content (AvgIpc) is 3.22. The van der Waals surface area contributed by atoms with Crippen LogP contribution in [0.25, 0.3) is 0 Å². The van der Waals surface area contributed by atoms with Gasteiger partial charge in [0.15, 0.2) is 27.8 Å². The zero-order valence-corrected chi connectivity index (χ0v) is 22.7. The molecule has 0 radical (unpaired) electrons. The number of nitrogens with two attached hydrogens (primary N) is 2. The Morgan fingerprint density at radius 1 is 1.28 bits per heavy atom. The van der Waals surface area contributed by atoms with E-state index in [4.69, 9.17) is 16.3 Å². The van der Waals surface area contributed by atoms with Crippen LogP contribution in [0, 0.1) is 0 Å². The second kappa shape index (κ2) is 12.6. The molecule has 0 aliphatic carbocycles.